The molecule has 0 bridgehead atoms. The van der Waals surface area contributed by atoms with E-state index in [9.17, 15) is 9.59 Å². The fourth-order valence-electron chi connectivity index (χ4n) is 3.91. The number of fused-ring (bicyclic) bond motifs is 1. The summed E-state index contributed by atoms with van der Waals surface area (Å²) in [5.74, 6) is 0.0528. The zero-order valence-electron chi connectivity index (χ0n) is 15.6. The van der Waals surface area contributed by atoms with Crippen LogP contribution in [-0.4, -0.2) is 63.2 Å². The maximum atomic E-state index is 12.7. The number of likely N-dealkylation sites (tertiary alicyclic amines) is 1. The average molecular weight is 376 g/mol. The van der Waals surface area contributed by atoms with E-state index in [4.69, 9.17) is 4.74 Å². The first-order valence-corrected chi connectivity index (χ1v) is 9.71. The zero-order chi connectivity index (χ0) is 18.7. The Kier molecular flexibility index (Phi) is 3.80. The molecule has 2 fully saturated rings. The number of ether oxygens (including phenoxy) is 1. The van der Waals surface area contributed by atoms with Crippen molar-refractivity contribution in [3.8, 4) is 0 Å². The third-order valence-corrected chi connectivity index (χ3v) is 6.16. The van der Waals surface area contributed by atoms with E-state index in [1.165, 1.54) is 11.3 Å². The lowest BCUT2D eigenvalue weighted by atomic mass is 9.60. The van der Waals surface area contributed by atoms with Gasteiger partial charge in [0.1, 0.15) is 10.4 Å². The summed E-state index contributed by atoms with van der Waals surface area (Å²) in [4.78, 5) is 29.4. The molecule has 0 aromatic carbocycles. The van der Waals surface area contributed by atoms with Crippen LogP contribution in [0.25, 0.3) is 4.83 Å². The monoisotopic (exact) mass is 376 g/mol. The number of hydrogen-bond acceptors (Lipinski definition) is 5. The van der Waals surface area contributed by atoms with E-state index in [-0.39, 0.29) is 23.5 Å². The molecule has 8 heteroatoms. The van der Waals surface area contributed by atoms with Crippen molar-refractivity contribution in [2.45, 2.75) is 45.3 Å². The van der Waals surface area contributed by atoms with Crippen LogP contribution in [0.5, 0.6) is 0 Å². The van der Waals surface area contributed by atoms with Crippen molar-refractivity contribution in [1.29, 1.82) is 0 Å². The summed E-state index contributed by atoms with van der Waals surface area (Å²) in [5, 5.41) is 6.15. The van der Waals surface area contributed by atoms with Gasteiger partial charge in [0, 0.05) is 43.2 Å². The number of nitrogens with zero attached hydrogens (tertiary/aromatic N) is 4. The molecule has 0 unspecified atom stereocenters. The van der Waals surface area contributed by atoms with Crippen LogP contribution < -0.4 is 0 Å². The number of carbonyl (C=O) groups is 2. The quantitative estimate of drug-likeness (QED) is 0.808. The molecule has 2 aromatic heterocycles. The average Bonchev–Trinajstić information content (AvgIpc) is 3.04. The molecule has 3 heterocycles. The zero-order valence-corrected chi connectivity index (χ0v) is 16.4. The lowest BCUT2D eigenvalue weighted by Crippen LogP contribution is -2.67. The van der Waals surface area contributed by atoms with Gasteiger partial charge in [0.05, 0.1) is 11.8 Å². The maximum Gasteiger partial charge on any atom is 0.410 e. The molecular weight excluding hydrogens is 352 g/mol. The molecule has 1 saturated carbocycles. The number of rotatable bonds is 2. The van der Waals surface area contributed by atoms with Crippen LogP contribution in [0.1, 0.15) is 44.0 Å². The summed E-state index contributed by atoms with van der Waals surface area (Å²) >= 11 is 1.53. The topological polar surface area (TPSA) is 67.2 Å². The predicted octanol–water partition coefficient (Wildman–Crippen LogP) is 2.87. The highest BCUT2D eigenvalue weighted by atomic mass is 32.1. The normalized spacial score (nSPS) is 19.3. The van der Waals surface area contributed by atoms with Crippen LogP contribution >= 0.6 is 11.3 Å². The Balaban J connectivity index is 1.31. The second-order valence-electron chi connectivity index (χ2n) is 8.53. The van der Waals surface area contributed by atoms with Gasteiger partial charge in [0.15, 0.2) is 0 Å². The standard InChI is InChI=1S/C18H24N4O3S/c1-17(2,3)25-16(24)20(4)12-7-18(8-12)10-21(11-18)14(23)13-9-19-22-5-6-26-15(13)22/h5-6,9,12H,7-8,10-11H2,1-4H3. The van der Waals surface area contributed by atoms with Gasteiger partial charge >= 0.3 is 6.09 Å². The molecule has 2 aromatic rings. The Morgan fingerprint density at radius 2 is 2.04 bits per heavy atom. The molecule has 4 rings (SSSR count). The number of thiazole rings is 1. The summed E-state index contributed by atoms with van der Waals surface area (Å²) in [6.07, 6.45) is 5.09. The molecule has 7 nitrogen and oxygen atoms in total. The Morgan fingerprint density at radius 3 is 2.69 bits per heavy atom. The van der Waals surface area contributed by atoms with Crippen molar-refractivity contribution in [2.24, 2.45) is 5.41 Å². The molecule has 1 saturated heterocycles. The molecule has 1 aliphatic carbocycles. The van der Waals surface area contributed by atoms with Crippen molar-refractivity contribution >= 4 is 28.2 Å². The lowest BCUT2D eigenvalue weighted by molar-refractivity contribution is -0.0887. The minimum absolute atomic E-state index is 0.0528. The molecule has 1 spiro atoms. The first-order chi connectivity index (χ1) is 12.2. The summed E-state index contributed by atoms with van der Waals surface area (Å²) in [6, 6.07) is 0.197. The number of hydrogen-bond donors (Lipinski definition) is 0. The largest absolute Gasteiger partial charge is 0.444 e. The van der Waals surface area contributed by atoms with E-state index in [1.807, 2.05) is 37.2 Å². The van der Waals surface area contributed by atoms with E-state index < -0.39 is 5.60 Å². The molecule has 0 N–H and O–H groups in total. The van der Waals surface area contributed by atoms with Crippen LogP contribution in [0, 0.1) is 5.41 Å². The van der Waals surface area contributed by atoms with Crippen molar-refractivity contribution in [3.63, 3.8) is 0 Å². The first kappa shape index (κ1) is 17.3. The highest BCUT2D eigenvalue weighted by molar-refractivity contribution is 7.15. The smallest absolute Gasteiger partial charge is 0.410 e. The van der Waals surface area contributed by atoms with Gasteiger partial charge in [0.2, 0.25) is 0 Å². The van der Waals surface area contributed by atoms with Crippen molar-refractivity contribution < 1.29 is 14.3 Å². The SMILES string of the molecule is CN(C(=O)OC(C)(C)C)C1CC2(C1)CN(C(=O)c1cnn3ccsc13)C2. The van der Waals surface area contributed by atoms with Gasteiger partial charge in [-0.25, -0.2) is 9.31 Å². The van der Waals surface area contributed by atoms with Crippen LogP contribution in [0.2, 0.25) is 0 Å². The molecule has 0 radical (unpaired) electrons. The first-order valence-electron chi connectivity index (χ1n) is 8.83. The third-order valence-electron chi connectivity index (χ3n) is 5.27. The second kappa shape index (κ2) is 5.70. The van der Waals surface area contributed by atoms with Gasteiger partial charge in [-0.15, -0.1) is 11.3 Å². The van der Waals surface area contributed by atoms with Crippen molar-refractivity contribution in [2.75, 3.05) is 20.1 Å². The van der Waals surface area contributed by atoms with Crippen molar-refractivity contribution in [1.82, 2.24) is 19.4 Å². The molecule has 140 valence electrons. The number of carbonyl (C=O) groups excluding carboxylic acids is 2. The highest BCUT2D eigenvalue weighted by Crippen LogP contribution is 2.50. The van der Waals surface area contributed by atoms with E-state index in [1.54, 1.807) is 22.7 Å². The third kappa shape index (κ3) is 2.86. The Morgan fingerprint density at radius 1 is 1.35 bits per heavy atom. The number of amides is 2. The fourth-order valence-corrected chi connectivity index (χ4v) is 4.69. The van der Waals surface area contributed by atoms with Gasteiger partial charge < -0.3 is 14.5 Å². The number of aromatic nitrogens is 2. The van der Waals surface area contributed by atoms with E-state index in [0.29, 0.717) is 5.56 Å². The van der Waals surface area contributed by atoms with Gasteiger partial charge in [-0.2, -0.15) is 5.10 Å². The highest BCUT2D eigenvalue weighted by Gasteiger charge is 2.55. The fraction of sp³-hybridized carbons (Fsp3) is 0.611. The van der Waals surface area contributed by atoms with Crippen LogP contribution in [0.3, 0.4) is 0 Å². The summed E-state index contributed by atoms with van der Waals surface area (Å²) in [6.45, 7) is 7.13. The van der Waals surface area contributed by atoms with E-state index >= 15 is 0 Å². The predicted molar refractivity (Wildman–Crippen MR) is 98.4 cm³/mol. The van der Waals surface area contributed by atoms with Crippen LogP contribution in [0.4, 0.5) is 4.79 Å². The van der Waals surface area contributed by atoms with Gasteiger partial charge in [-0.05, 0) is 33.6 Å². The maximum absolute atomic E-state index is 12.7. The van der Waals surface area contributed by atoms with Gasteiger partial charge in [0.25, 0.3) is 5.91 Å². The summed E-state index contributed by atoms with van der Waals surface area (Å²) in [5.41, 5.74) is 0.361. The van der Waals surface area contributed by atoms with Crippen molar-refractivity contribution in [3.05, 3.63) is 23.3 Å². The van der Waals surface area contributed by atoms with Gasteiger partial charge in [-0.1, -0.05) is 0 Å². The Bertz CT molecular complexity index is 851. The molecule has 0 atom stereocenters. The van der Waals surface area contributed by atoms with Crippen LogP contribution in [-0.2, 0) is 4.74 Å². The minimum Gasteiger partial charge on any atom is -0.444 e. The molecule has 1 aliphatic heterocycles. The van der Waals surface area contributed by atoms with Crippen LogP contribution in [0.15, 0.2) is 17.8 Å². The van der Waals surface area contributed by atoms with E-state index in [0.717, 1.165) is 30.8 Å². The summed E-state index contributed by atoms with van der Waals surface area (Å²) < 4.78 is 7.17. The van der Waals surface area contributed by atoms with E-state index in [2.05, 4.69) is 5.10 Å². The summed E-state index contributed by atoms with van der Waals surface area (Å²) in [7, 11) is 1.80. The molecular formula is C18H24N4O3S. The van der Waals surface area contributed by atoms with Gasteiger partial charge in [-0.3, -0.25) is 4.79 Å². The molecule has 2 amide bonds. The molecule has 2 aliphatic rings. The second-order valence-corrected chi connectivity index (χ2v) is 9.42. The minimum atomic E-state index is -0.481. The Labute approximate surface area is 156 Å². The Hall–Kier alpha value is -2.09. The lowest BCUT2D eigenvalue weighted by Gasteiger charge is -2.60. The molecule has 26 heavy (non-hydrogen) atoms.